The molecule has 1 aromatic heterocycles. The number of hydrogen-bond donors (Lipinski definition) is 21. The van der Waals surface area contributed by atoms with Crippen LogP contribution in [0, 0.1) is 5.92 Å². The Morgan fingerprint density at radius 1 is 0.558 bits per heavy atom. The highest BCUT2D eigenvalue weighted by Gasteiger charge is 2.43. The number of carboxylic acid groups (broad SMARTS) is 6. The highest BCUT2D eigenvalue weighted by Crippen LogP contribution is 2.24. The Hall–Kier alpha value is -13.2. The number of imidazole rings is 1. The van der Waals surface area contributed by atoms with Crippen LogP contribution in [0.15, 0.2) is 36.8 Å². The fourth-order valence-corrected chi connectivity index (χ4v) is 13.0. The third-order valence-corrected chi connectivity index (χ3v) is 20.2. The van der Waals surface area contributed by atoms with E-state index in [0.717, 1.165) is 0 Å². The summed E-state index contributed by atoms with van der Waals surface area (Å²) in [6, 6.07) is -8.20. The Kier molecular flexibility index (Phi) is 55.9. The number of halogens is 12. The predicted molar refractivity (Wildman–Crippen MR) is 436 cm³/mol. The summed E-state index contributed by atoms with van der Waals surface area (Å²) in [7, 11) is 0. The number of hydroxylamine groups is 2. The molecule has 3 heterocycles. The SMILES string of the molecule is CC(C)[C@H](NC(=O)CNC(=O)CNC(=O)[C@@H](NC(=O)[C@H](C)NC(=O)[C@@H]1CCCN1C(=O)[C@H](C)[NH3+])[C@@H](C)O)C(=O)N[C@@H](CSCCCCCCC(=O)N(O)CCC(=O)O)C(=O)N[C@@H](CCCC[NH3+])C(=O)N1CCC[C@H]1C(=O)N[C@@H](Cc1c[nH+]c[nH]1)C(=O)N[C@@H](CCC[NH+]=C(N)N)C(=O)N[C@@H](Cc1ccc(O)cc1)C(=O)O.O=C([O-])C(F)(F)F.O=C([O-])C(F)(F)F.O=C([O-])C(F)(F)F.O=C([O-])C(F)(F)F. The summed E-state index contributed by atoms with van der Waals surface area (Å²) in [6.45, 7) is 6.41. The Bertz CT molecular complexity index is 4290. The Labute approximate surface area is 781 Å². The number of phenolic OH excluding ortho intramolecular Hbond substituents is 1. The molecule has 12 atom stereocenters. The number of aliphatic carboxylic acids is 6. The standard InChI is InChI=1S/C69H110N20O20S.4C2HF3O2/c1-38(2)56(85-53(93)35-76-52(92)34-77-64(103)57(41(5)90)86-58(97)40(4)79-62(101)50-17-13-27-87(50)66(105)39(3)71)65(104)84-49(36-110-30-11-7-6-8-19-54(94)89(109)29-24-55(95)96)61(100)81-46(15-9-10-25-70)67(106)88-28-14-18-51(88)63(102)82-47(32-43-33-74-37-78-43)60(99)80-45(16-12-26-75-69(72)73)59(98)83-48(68(107)108)31-42-20-22-44(91)23-21-42;4*3-2(4,5)1(6)7/h20-23,33,37-41,45-51,56-57,90-91,109H,6-19,24-32,34-36,70-71H2,1-5H3,(H,74,78)(H,76,92)(H,77,103)(H,79,101)(H,80,99)(H,81,100)(H,82,102)(H,83,98)(H,84,104)(H,85,93)(H,86,97)(H,95,96)(H,107,108)(H4,72,73,75);4*(H,6,7)/t39-,40-,41+,45-,46-,47-,48-,49-,50-,51-,56-,57-;;;;/m0..../s1. The molecule has 138 heavy (non-hydrogen) atoms. The van der Waals surface area contributed by atoms with Crippen molar-refractivity contribution in [3.05, 3.63) is 48.0 Å². The van der Waals surface area contributed by atoms with Crippen LogP contribution < -0.4 is 107 Å². The number of aliphatic hydroxyl groups is 1. The van der Waals surface area contributed by atoms with Crippen LogP contribution in [0.4, 0.5) is 52.7 Å². The normalized spacial score (nSPS) is 15.6. The highest BCUT2D eigenvalue weighted by atomic mass is 32.2. The predicted octanol–water partition coefficient (Wildman–Crippen LogP) is -11.7. The van der Waals surface area contributed by atoms with Crippen molar-refractivity contribution in [2.45, 2.75) is 241 Å². The first-order chi connectivity index (χ1) is 63.9. The number of aromatic hydroxyl groups is 1. The van der Waals surface area contributed by atoms with Gasteiger partial charge >= 0.3 is 42.6 Å². The van der Waals surface area contributed by atoms with Crippen molar-refractivity contribution >= 4 is 130 Å². The number of guanidine groups is 1. The summed E-state index contributed by atoms with van der Waals surface area (Å²) in [5, 5.41) is 110. The molecule has 0 aliphatic carbocycles. The molecule has 2 fully saturated rings. The molecular formula is C77H114F12N20O28S. The van der Waals surface area contributed by atoms with Crippen molar-refractivity contribution < 1.29 is 211 Å². The maximum atomic E-state index is 15.0. The number of carbonyl (C=O) groups is 19. The van der Waals surface area contributed by atoms with Crippen LogP contribution in [-0.4, -0.2) is 319 Å². The zero-order valence-electron chi connectivity index (χ0n) is 74.8. The Balaban J connectivity index is 0.00000578. The lowest BCUT2D eigenvalue weighted by Gasteiger charge is -2.31. The zero-order valence-corrected chi connectivity index (χ0v) is 75.7. The number of alkyl halides is 12. The molecule has 2 aromatic rings. The van der Waals surface area contributed by atoms with E-state index in [1.807, 2.05) is 0 Å². The minimum atomic E-state index is -5.19. The number of quaternary nitrogens is 2. The second kappa shape index (κ2) is 61.8. The molecule has 0 bridgehead atoms. The lowest BCUT2D eigenvalue weighted by Crippen LogP contribution is -2.78. The number of thioether (sulfide) groups is 1. The van der Waals surface area contributed by atoms with Crippen LogP contribution in [0.3, 0.4) is 0 Å². The number of amides is 13. The number of nitrogens with one attached hydrogen (secondary N) is 13. The number of aliphatic hydroxyl groups excluding tert-OH is 1. The number of nitrogens with two attached hydrogens (primary N) is 2. The van der Waals surface area contributed by atoms with Gasteiger partial charge in [0.15, 0.2) is 6.04 Å². The van der Waals surface area contributed by atoms with Crippen LogP contribution in [0.1, 0.15) is 142 Å². The molecule has 0 spiro atoms. The van der Waals surface area contributed by atoms with Gasteiger partial charge in [-0.25, -0.2) is 14.8 Å². The molecule has 4 rings (SSSR count). The number of likely N-dealkylation sites (tertiary alicyclic amines) is 2. The maximum Gasteiger partial charge on any atom is 0.430 e. The van der Waals surface area contributed by atoms with E-state index in [1.54, 1.807) is 20.8 Å². The van der Waals surface area contributed by atoms with Gasteiger partial charge in [0.1, 0.15) is 102 Å². The average Bonchev–Trinajstić information content (AvgIpc) is 1.64. The van der Waals surface area contributed by atoms with E-state index in [9.17, 15) is 140 Å². The monoisotopic (exact) mass is 2030 g/mol. The number of hydrogen-bond acceptors (Lipinski definition) is 27. The molecule has 13 amide bonds. The van der Waals surface area contributed by atoms with Crippen molar-refractivity contribution in [3.63, 3.8) is 0 Å². The van der Waals surface area contributed by atoms with Gasteiger partial charge in [0.05, 0.1) is 45.2 Å². The molecule has 61 heteroatoms. The van der Waals surface area contributed by atoms with Crippen molar-refractivity contribution in [1.29, 1.82) is 0 Å². The number of rotatable bonds is 49. The highest BCUT2D eigenvalue weighted by molar-refractivity contribution is 7.99. The van der Waals surface area contributed by atoms with E-state index in [4.69, 9.17) is 56.2 Å². The molecular weight excluding hydrogens is 1910 g/mol. The number of carbonyl (C=O) groups excluding carboxylic acids is 17. The minimum absolute atomic E-state index is 0.0322. The van der Waals surface area contributed by atoms with Gasteiger partial charge in [-0.2, -0.15) is 64.4 Å². The molecule has 1 aromatic carbocycles. The largest absolute Gasteiger partial charge is 0.542 e. The number of phenols is 1. The van der Waals surface area contributed by atoms with E-state index in [-0.39, 0.29) is 87.9 Å². The van der Waals surface area contributed by atoms with Crippen LogP contribution in [0.5, 0.6) is 5.75 Å². The number of unbranched alkanes of at least 4 members (excludes halogenated alkanes) is 4. The molecule has 2 saturated heterocycles. The van der Waals surface area contributed by atoms with E-state index < -0.39 is 229 Å². The second-order valence-corrected chi connectivity index (χ2v) is 31.9. The fourth-order valence-electron chi connectivity index (χ4n) is 12.0. The van der Waals surface area contributed by atoms with Crippen LogP contribution in [0.2, 0.25) is 0 Å². The molecule has 0 saturated carbocycles. The van der Waals surface area contributed by atoms with Gasteiger partial charge < -0.3 is 134 Å². The number of nitrogens with zero attached hydrogens (tertiary/aromatic N) is 3. The van der Waals surface area contributed by atoms with Crippen molar-refractivity contribution in [2.75, 3.05) is 57.3 Å². The number of H-pyrrole nitrogens is 2. The molecule has 2 aliphatic rings. The maximum absolute atomic E-state index is 15.0. The van der Waals surface area contributed by atoms with Gasteiger partial charge in [-0.05, 0) is 121 Å². The molecule has 48 nitrogen and oxygen atoms in total. The van der Waals surface area contributed by atoms with E-state index >= 15 is 4.79 Å². The number of carboxylic acids is 6. The smallest absolute Gasteiger partial charge is 0.430 e. The zero-order chi connectivity index (χ0) is 106. The summed E-state index contributed by atoms with van der Waals surface area (Å²) >= 11 is 1.26. The molecule has 2 aliphatic heterocycles. The molecule has 28 N–H and O–H groups in total. The third kappa shape index (κ3) is 50.6. The van der Waals surface area contributed by atoms with Crippen LogP contribution in [0.25, 0.3) is 0 Å². The van der Waals surface area contributed by atoms with E-state index in [1.165, 1.54) is 72.2 Å². The van der Waals surface area contributed by atoms with Gasteiger partial charge in [0, 0.05) is 38.1 Å². The summed E-state index contributed by atoms with van der Waals surface area (Å²) < 4.78 is 126. The Morgan fingerprint density at radius 2 is 1.04 bits per heavy atom. The summed E-state index contributed by atoms with van der Waals surface area (Å²) in [5.74, 6) is -25.2. The van der Waals surface area contributed by atoms with E-state index in [2.05, 4.69) is 79.6 Å². The van der Waals surface area contributed by atoms with Gasteiger partial charge in [-0.15, -0.1) is 0 Å². The first-order valence-corrected chi connectivity index (χ1v) is 43.0. The summed E-state index contributed by atoms with van der Waals surface area (Å²) in [6.07, 6.45) is -15.8. The number of aromatic nitrogens is 2. The minimum Gasteiger partial charge on any atom is -0.542 e. The van der Waals surface area contributed by atoms with E-state index in [0.29, 0.717) is 93.0 Å². The Morgan fingerprint density at radius 3 is 1.51 bits per heavy atom. The van der Waals surface area contributed by atoms with Crippen molar-refractivity contribution in [2.24, 2.45) is 17.4 Å². The summed E-state index contributed by atoms with van der Waals surface area (Å²) in [4.78, 5) is 248. The third-order valence-electron chi connectivity index (χ3n) is 19.0. The van der Waals surface area contributed by atoms with Crippen molar-refractivity contribution in [1.82, 2.24) is 73.0 Å². The van der Waals surface area contributed by atoms with Crippen LogP contribution >= 0.6 is 11.8 Å². The van der Waals surface area contributed by atoms with Gasteiger partial charge in [-0.1, -0.05) is 38.8 Å². The molecule has 0 unspecified atom stereocenters. The quantitative estimate of drug-likeness (QED) is 0.00730. The lowest BCUT2D eigenvalue weighted by molar-refractivity contribution is -0.459. The van der Waals surface area contributed by atoms with Gasteiger partial charge in [0.25, 0.3) is 5.91 Å². The first-order valence-electron chi connectivity index (χ1n) is 41.8. The second-order valence-electron chi connectivity index (χ2n) is 30.8. The molecule has 780 valence electrons. The number of benzene rings is 1. The summed E-state index contributed by atoms with van der Waals surface area (Å²) in [5.41, 5.74) is 19.7. The van der Waals surface area contributed by atoms with Crippen LogP contribution in [-0.2, 0) is 104 Å². The molecule has 0 radical (unpaired) electrons. The first kappa shape index (κ1) is 125. The van der Waals surface area contributed by atoms with Gasteiger partial charge in [0.2, 0.25) is 77.2 Å². The lowest BCUT2D eigenvalue weighted by atomic mass is 10.0. The van der Waals surface area contributed by atoms with Crippen molar-refractivity contribution in [3.8, 4) is 5.75 Å². The van der Waals surface area contributed by atoms with Gasteiger partial charge in [-0.3, -0.25) is 93.8 Å². The fraction of sp³-hybridized carbons (Fsp3) is 0.623. The number of aromatic amines is 2. The topological polar surface area (TPSA) is 799 Å². The average molecular weight is 2030 g/mol.